The minimum atomic E-state index is -0.571. The Labute approximate surface area is 153 Å². The number of carbonyl (C=O) groups excluding carboxylic acids is 3. The molecule has 0 spiro atoms. The molecule has 0 radical (unpaired) electrons. The van der Waals surface area contributed by atoms with Gasteiger partial charge >= 0.3 is 11.9 Å². The number of rotatable bonds is 7. The first-order valence-electron chi connectivity index (χ1n) is 7.77. The van der Waals surface area contributed by atoms with Crippen molar-refractivity contribution in [2.45, 2.75) is 27.2 Å². The van der Waals surface area contributed by atoms with Crippen molar-refractivity contribution in [2.24, 2.45) is 0 Å². The number of hydrogen-bond donors (Lipinski definition) is 1. The van der Waals surface area contributed by atoms with E-state index in [1.807, 2.05) is 17.5 Å². The van der Waals surface area contributed by atoms with Gasteiger partial charge in [0.05, 0.1) is 25.2 Å². The van der Waals surface area contributed by atoms with Gasteiger partial charge in [-0.3, -0.25) is 4.79 Å². The molecule has 2 heterocycles. The topological polar surface area (TPSA) is 81.7 Å². The molecular formula is C17H19NO5S2. The lowest BCUT2D eigenvalue weighted by molar-refractivity contribution is -0.115. The van der Waals surface area contributed by atoms with Crippen LogP contribution in [0.1, 0.15) is 44.3 Å². The summed E-state index contributed by atoms with van der Waals surface area (Å²) in [5.74, 6) is -1.35. The maximum absolute atomic E-state index is 12.3. The Morgan fingerprint density at radius 3 is 2.40 bits per heavy atom. The summed E-state index contributed by atoms with van der Waals surface area (Å²) in [5, 5.41) is 4.92. The fourth-order valence-corrected chi connectivity index (χ4v) is 3.99. The molecule has 1 amide bonds. The lowest BCUT2D eigenvalue weighted by atomic mass is 10.1. The third kappa shape index (κ3) is 4.67. The van der Waals surface area contributed by atoms with Gasteiger partial charge < -0.3 is 14.8 Å². The van der Waals surface area contributed by atoms with Crippen molar-refractivity contribution in [1.82, 2.24) is 0 Å². The third-order valence-electron chi connectivity index (χ3n) is 3.26. The van der Waals surface area contributed by atoms with Gasteiger partial charge in [-0.1, -0.05) is 6.07 Å². The van der Waals surface area contributed by atoms with Crippen LogP contribution in [-0.4, -0.2) is 31.1 Å². The van der Waals surface area contributed by atoms with Gasteiger partial charge in [0, 0.05) is 4.88 Å². The molecule has 0 saturated carbocycles. The highest BCUT2D eigenvalue weighted by atomic mass is 32.1. The van der Waals surface area contributed by atoms with Gasteiger partial charge in [0.25, 0.3) is 0 Å². The number of carbonyl (C=O) groups is 3. The predicted octanol–water partition coefficient (Wildman–Crippen LogP) is 3.65. The van der Waals surface area contributed by atoms with Crippen LogP contribution in [0.4, 0.5) is 5.00 Å². The molecule has 0 saturated heterocycles. The van der Waals surface area contributed by atoms with E-state index in [4.69, 9.17) is 9.47 Å². The van der Waals surface area contributed by atoms with Crippen LogP contribution in [0.15, 0.2) is 17.5 Å². The first kappa shape index (κ1) is 19.1. The van der Waals surface area contributed by atoms with Crippen molar-refractivity contribution >= 4 is 45.5 Å². The molecule has 8 heteroatoms. The minimum absolute atomic E-state index is 0.200. The molecule has 2 aromatic rings. The van der Waals surface area contributed by atoms with Gasteiger partial charge in [-0.15, -0.1) is 22.7 Å². The van der Waals surface area contributed by atoms with E-state index >= 15 is 0 Å². The number of nitrogens with one attached hydrogen (secondary N) is 1. The predicted molar refractivity (Wildman–Crippen MR) is 97.6 cm³/mol. The molecule has 0 aromatic carbocycles. The van der Waals surface area contributed by atoms with E-state index in [9.17, 15) is 14.4 Å². The Hall–Kier alpha value is -2.19. The number of amides is 1. The summed E-state index contributed by atoms with van der Waals surface area (Å²) < 4.78 is 10.1. The second-order valence-corrected chi connectivity index (χ2v) is 7.06. The van der Waals surface area contributed by atoms with Gasteiger partial charge in [0.2, 0.25) is 5.91 Å². The van der Waals surface area contributed by atoms with E-state index in [1.165, 1.54) is 11.3 Å². The van der Waals surface area contributed by atoms with Crippen LogP contribution in [0.25, 0.3) is 0 Å². The second-order valence-electron chi connectivity index (χ2n) is 5.01. The number of esters is 2. The highest BCUT2D eigenvalue weighted by Crippen LogP contribution is 2.34. The molecule has 0 aliphatic carbocycles. The van der Waals surface area contributed by atoms with Gasteiger partial charge in [0.15, 0.2) is 0 Å². The molecular weight excluding hydrogens is 362 g/mol. The summed E-state index contributed by atoms with van der Waals surface area (Å²) in [5.41, 5.74) is 0.655. The van der Waals surface area contributed by atoms with E-state index in [0.717, 1.165) is 16.2 Å². The molecule has 2 rings (SSSR count). The summed E-state index contributed by atoms with van der Waals surface area (Å²) in [7, 11) is 0. The first-order valence-corrected chi connectivity index (χ1v) is 9.47. The lowest BCUT2D eigenvalue weighted by Gasteiger charge is -2.06. The highest BCUT2D eigenvalue weighted by Gasteiger charge is 2.27. The molecule has 0 aliphatic rings. The molecule has 134 valence electrons. The molecule has 0 bridgehead atoms. The number of hydrogen-bond acceptors (Lipinski definition) is 7. The van der Waals surface area contributed by atoms with Crippen molar-refractivity contribution < 1.29 is 23.9 Å². The van der Waals surface area contributed by atoms with Crippen molar-refractivity contribution in [3.63, 3.8) is 0 Å². The SMILES string of the molecule is CCOC(=O)c1sc(NC(=O)Cc2cccs2)c(C(=O)OCC)c1C. The summed E-state index contributed by atoms with van der Waals surface area (Å²) in [6, 6.07) is 3.73. The van der Waals surface area contributed by atoms with Crippen LogP contribution in [0.2, 0.25) is 0 Å². The van der Waals surface area contributed by atoms with Crippen molar-refractivity contribution in [3.05, 3.63) is 38.4 Å². The smallest absolute Gasteiger partial charge is 0.348 e. The van der Waals surface area contributed by atoms with Crippen molar-refractivity contribution in [3.8, 4) is 0 Å². The van der Waals surface area contributed by atoms with Gasteiger partial charge in [-0.25, -0.2) is 9.59 Å². The summed E-state index contributed by atoms with van der Waals surface area (Å²) in [4.78, 5) is 37.8. The number of anilines is 1. The Morgan fingerprint density at radius 1 is 1.12 bits per heavy atom. The molecule has 0 unspecified atom stereocenters. The van der Waals surface area contributed by atoms with Crippen LogP contribution in [-0.2, 0) is 20.7 Å². The van der Waals surface area contributed by atoms with Crippen molar-refractivity contribution in [1.29, 1.82) is 0 Å². The number of thiophene rings is 2. The molecule has 2 aromatic heterocycles. The van der Waals surface area contributed by atoms with E-state index in [0.29, 0.717) is 10.6 Å². The average molecular weight is 381 g/mol. The molecule has 0 fully saturated rings. The summed E-state index contributed by atoms with van der Waals surface area (Å²) in [6.45, 7) is 5.47. The quantitative estimate of drug-likeness (QED) is 0.740. The largest absolute Gasteiger partial charge is 0.462 e. The number of ether oxygens (including phenoxy) is 2. The Balaban J connectivity index is 2.30. The average Bonchev–Trinajstić information content (AvgIpc) is 3.15. The zero-order valence-electron chi connectivity index (χ0n) is 14.2. The Bertz CT molecular complexity index is 764. The Morgan fingerprint density at radius 2 is 1.80 bits per heavy atom. The van der Waals surface area contributed by atoms with Crippen molar-refractivity contribution in [2.75, 3.05) is 18.5 Å². The minimum Gasteiger partial charge on any atom is -0.462 e. The van der Waals surface area contributed by atoms with Crippen LogP contribution in [0.3, 0.4) is 0 Å². The van der Waals surface area contributed by atoms with Crippen LogP contribution < -0.4 is 5.32 Å². The van der Waals surface area contributed by atoms with Crippen LogP contribution >= 0.6 is 22.7 Å². The summed E-state index contributed by atoms with van der Waals surface area (Å²) in [6.07, 6.45) is 0.200. The van der Waals surface area contributed by atoms with E-state index in [1.54, 1.807) is 20.8 Å². The van der Waals surface area contributed by atoms with Crippen LogP contribution in [0, 0.1) is 6.92 Å². The van der Waals surface area contributed by atoms with Crippen LogP contribution in [0.5, 0.6) is 0 Å². The fourth-order valence-electron chi connectivity index (χ4n) is 2.18. The molecule has 1 N–H and O–H groups in total. The highest BCUT2D eigenvalue weighted by molar-refractivity contribution is 7.18. The Kier molecular flexibility index (Phi) is 6.72. The lowest BCUT2D eigenvalue weighted by Crippen LogP contribution is -2.16. The molecule has 25 heavy (non-hydrogen) atoms. The molecule has 0 aliphatic heterocycles. The normalized spacial score (nSPS) is 10.4. The maximum Gasteiger partial charge on any atom is 0.348 e. The fraction of sp³-hybridized carbons (Fsp3) is 0.353. The zero-order chi connectivity index (χ0) is 18.4. The maximum atomic E-state index is 12.3. The van der Waals surface area contributed by atoms with E-state index in [-0.39, 0.29) is 36.0 Å². The van der Waals surface area contributed by atoms with Gasteiger partial charge in [0.1, 0.15) is 9.88 Å². The summed E-state index contributed by atoms with van der Waals surface area (Å²) >= 11 is 2.50. The zero-order valence-corrected chi connectivity index (χ0v) is 15.8. The monoisotopic (exact) mass is 381 g/mol. The van der Waals surface area contributed by atoms with Gasteiger partial charge in [-0.05, 0) is 37.8 Å². The molecule has 0 atom stereocenters. The third-order valence-corrected chi connectivity index (χ3v) is 5.32. The first-order chi connectivity index (χ1) is 12.0. The standard InChI is InChI=1S/C17H19NO5S2/c1-4-22-16(20)13-10(3)14(17(21)23-5-2)25-15(13)18-12(19)9-11-7-6-8-24-11/h6-8H,4-5,9H2,1-3H3,(H,18,19). The van der Waals surface area contributed by atoms with E-state index < -0.39 is 11.9 Å². The van der Waals surface area contributed by atoms with E-state index in [2.05, 4.69) is 5.32 Å². The molecule has 6 nitrogen and oxygen atoms in total. The second kappa shape index (κ2) is 8.77. The van der Waals surface area contributed by atoms with Gasteiger partial charge in [-0.2, -0.15) is 0 Å².